The quantitative estimate of drug-likeness (QED) is 0.843. The van der Waals surface area contributed by atoms with Gasteiger partial charge in [0.05, 0.1) is 22.2 Å². The third kappa shape index (κ3) is 4.01. The average molecular weight is 318 g/mol. The Bertz CT molecular complexity index is 715. The minimum absolute atomic E-state index is 0.0410. The van der Waals surface area contributed by atoms with Crippen LogP contribution >= 0.6 is 11.6 Å². The first kappa shape index (κ1) is 14.9. The van der Waals surface area contributed by atoms with Crippen molar-refractivity contribution in [1.29, 1.82) is 0 Å². The normalized spacial score (nSPS) is 11.8. The fourth-order valence-electron chi connectivity index (χ4n) is 1.73. The van der Waals surface area contributed by atoms with Gasteiger partial charge < -0.3 is 0 Å². The monoisotopic (exact) mass is 317 g/mol. The Kier molecular flexibility index (Phi) is 4.39. The van der Waals surface area contributed by atoms with E-state index in [2.05, 4.69) is 10.3 Å². The van der Waals surface area contributed by atoms with E-state index in [-0.39, 0.29) is 16.5 Å². The summed E-state index contributed by atoms with van der Waals surface area (Å²) >= 11 is 5.63. The van der Waals surface area contributed by atoms with Crippen molar-refractivity contribution < 1.29 is 12.8 Å². The SMILES string of the molecule is Cn1cc(CCS(=O)(=O)Cc2ccc(F)c(Cl)c2)nn1. The summed E-state index contributed by atoms with van der Waals surface area (Å²) in [7, 11) is -1.60. The van der Waals surface area contributed by atoms with Gasteiger partial charge >= 0.3 is 0 Å². The standard InChI is InChI=1S/C12H13ClFN3O2S/c1-17-7-10(15-16-17)4-5-20(18,19)8-9-2-3-12(14)11(13)6-9/h2-3,6-7H,4-5,8H2,1H3. The Morgan fingerprint density at radius 3 is 2.75 bits per heavy atom. The lowest BCUT2D eigenvalue weighted by Gasteiger charge is -2.04. The predicted molar refractivity (Wildman–Crippen MR) is 73.6 cm³/mol. The Hall–Kier alpha value is -1.47. The molecule has 2 aromatic rings. The number of halogens is 2. The number of benzene rings is 1. The van der Waals surface area contributed by atoms with Crippen LogP contribution in [0, 0.1) is 5.82 Å². The molecule has 0 spiro atoms. The van der Waals surface area contributed by atoms with Crippen LogP contribution < -0.4 is 0 Å². The van der Waals surface area contributed by atoms with Crippen molar-refractivity contribution in [1.82, 2.24) is 15.0 Å². The largest absolute Gasteiger partial charge is 0.255 e. The summed E-state index contributed by atoms with van der Waals surface area (Å²) in [6.07, 6.45) is 1.97. The molecular weight excluding hydrogens is 305 g/mol. The van der Waals surface area contributed by atoms with Gasteiger partial charge in [-0.15, -0.1) is 5.10 Å². The van der Waals surface area contributed by atoms with Gasteiger partial charge in [0.1, 0.15) is 5.82 Å². The highest BCUT2D eigenvalue weighted by Crippen LogP contribution is 2.18. The van der Waals surface area contributed by atoms with Crippen molar-refractivity contribution in [2.45, 2.75) is 12.2 Å². The molecule has 1 heterocycles. The van der Waals surface area contributed by atoms with Crippen LogP contribution in [0.25, 0.3) is 0 Å². The van der Waals surface area contributed by atoms with E-state index in [1.165, 1.54) is 16.8 Å². The van der Waals surface area contributed by atoms with Gasteiger partial charge in [-0.25, -0.2) is 12.8 Å². The van der Waals surface area contributed by atoms with Crippen LogP contribution in [-0.2, 0) is 29.1 Å². The second kappa shape index (κ2) is 5.88. The van der Waals surface area contributed by atoms with E-state index < -0.39 is 15.7 Å². The van der Waals surface area contributed by atoms with Crippen LogP contribution in [0.15, 0.2) is 24.4 Å². The minimum atomic E-state index is -3.31. The second-order valence-electron chi connectivity index (χ2n) is 4.47. The zero-order chi connectivity index (χ0) is 14.8. The van der Waals surface area contributed by atoms with Crippen LogP contribution in [0.4, 0.5) is 4.39 Å². The van der Waals surface area contributed by atoms with Gasteiger partial charge in [-0.05, 0) is 17.7 Å². The summed E-state index contributed by atoms with van der Waals surface area (Å²) in [5.74, 6) is -0.777. The topological polar surface area (TPSA) is 64.8 Å². The highest BCUT2D eigenvalue weighted by Gasteiger charge is 2.14. The number of aromatic nitrogens is 3. The lowest BCUT2D eigenvalue weighted by molar-refractivity contribution is 0.593. The highest BCUT2D eigenvalue weighted by molar-refractivity contribution is 7.90. The van der Waals surface area contributed by atoms with Crippen molar-refractivity contribution in [2.24, 2.45) is 7.05 Å². The summed E-state index contributed by atoms with van der Waals surface area (Å²) < 4.78 is 38.5. The van der Waals surface area contributed by atoms with Gasteiger partial charge in [0.15, 0.2) is 9.84 Å². The van der Waals surface area contributed by atoms with Crippen LogP contribution in [0.5, 0.6) is 0 Å². The van der Waals surface area contributed by atoms with E-state index in [1.807, 2.05) is 0 Å². The van der Waals surface area contributed by atoms with Gasteiger partial charge in [-0.2, -0.15) is 0 Å². The zero-order valence-corrected chi connectivity index (χ0v) is 12.3. The molecule has 0 unspecified atom stereocenters. The van der Waals surface area contributed by atoms with Crippen LogP contribution in [0.3, 0.4) is 0 Å². The Balaban J connectivity index is 2.01. The average Bonchev–Trinajstić information content (AvgIpc) is 2.77. The molecule has 0 N–H and O–H groups in total. The smallest absolute Gasteiger partial charge is 0.154 e. The predicted octanol–water partition coefficient (Wildman–Crippen LogP) is 1.77. The van der Waals surface area contributed by atoms with E-state index in [9.17, 15) is 12.8 Å². The summed E-state index contributed by atoms with van der Waals surface area (Å²) in [5.41, 5.74) is 1.09. The molecule has 108 valence electrons. The molecule has 0 aliphatic heterocycles. The van der Waals surface area contributed by atoms with Crippen molar-refractivity contribution in [3.63, 3.8) is 0 Å². The molecule has 0 bridgehead atoms. The molecule has 2 rings (SSSR count). The molecule has 0 radical (unpaired) electrons. The first-order valence-electron chi connectivity index (χ1n) is 5.85. The van der Waals surface area contributed by atoms with E-state index >= 15 is 0 Å². The molecule has 8 heteroatoms. The zero-order valence-electron chi connectivity index (χ0n) is 10.8. The lowest BCUT2D eigenvalue weighted by atomic mass is 10.2. The molecule has 0 saturated heterocycles. The Morgan fingerprint density at radius 2 is 2.15 bits per heavy atom. The summed E-state index contributed by atoms with van der Waals surface area (Å²) in [6.45, 7) is 0. The molecule has 0 aliphatic carbocycles. The number of sulfone groups is 1. The number of hydrogen-bond acceptors (Lipinski definition) is 4. The van der Waals surface area contributed by atoms with Crippen molar-refractivity contribution in [2.75, 3.05) is 5.75 Å². The van der Waals surface area contributed by atoms with Gasteiger partial charge in [0.2, 0.25) is 0 Å². The molecule has 0 amide bonds. The third-order valence-corrected chi connectivity index (χ3v) is 4.58. The van der Waals surface area contributed by atoms with E-state index in [4.69, 9.17) is 11.6 Å². The molecule has 1 aromatic carbocycles. The number of hydrogen-bond donors (Lipinski definition) is 0. The molecule has 0 fully saturated rings. The fourth-order valence-corrected chi connectivity index (χ4v) is 3.28. The molecule has 5 nitrogen and oxygen atoms in total. The van der Waals surface area contributed by atoms with Gasteiger partial charge in [0, 0.05) is 19.7 Å². The molecular formula is C12H13ClFN3O2S. The van der Waals surface area contributed by atoms with Crippen LogP contribution in [-0.4, -0.2) is 29.2 Å². The highest BCUT2D eigenvalue weighted by atomic mass is 35.5. The van der Waals surface area contributed by atoms with E-state index in [1.54, 1.807) is 13.2 Å². The maximum Gasteiger partial charge on any atom is 0.154 e. The molecule has 0 saturated carbocycles. The van der Waals surface area contributed by atoms with Crippen molar-refractivity contribution in [3.8, 4) is 0 Å². The molecule has 0 aliphatic rings. The summed E-state index contributed by atoms with van der Waals surface area (Å²) in [5, 5.41) is 7.49. The first-order chi connectivity index (χ1) is 9.35. The fraction of sp³-hybridized carbons (Fsp3) is 0.333. The van der Waals surface area contributed by atoms with Gasteiger partial charge in [0.25, 0.3) is 0 Å². The Labute approximate surface area is 121 Å². The molecule has 20 heavy (non-hydrogen) atoms. The van der Waals surface area contributed by atoms with Crippen molar-refractivity contribution >= 4 is 21.4 Å². The second-order valence-corrected chi connectivity index (χ2v) is 7.07. The first-order valence-corrected chi connectivity index (χ1v) is 8.05. The lowest BCUT2D eigenvalue weighted by Crippen LogP contribution is -2.11. The number of rotatable bonds is 5. The third-order valence-electron chi connectivity index (χ3n) is 2.69. The summed E-state index contributed by atoms with van der Waals surface area (Å²) in [6, 6.07) is 3.91. The number of aryl methyl sites for hydroxylation is 2. The molecule has 1 aromatic heterocycles. The minimum Gasteiger partial charge on any atom is -0.255 e. The van der Waals surface area contributed by atoms with Gasteiger partial charge in [-0.3, -0.25) is 4.68 Å². The maximum absolute atomic E-state index is 13.0. The summed E-state index contributed by atoms with van der Waals surface area (Å²) in [4.78, 5) is 0. The Morgan fingerprint density at radius 1 is 1.40 bits per heavy atom. The maximum atomic E-state index is 13.0. The van der Waals surface area contributed by atoms with Crippen molar-refractivity contribution in [3.05, 3.63) is 46.5 Å². The van der Waals surface area contributed by atoms with Gasteiger partial charge in [-0.1, -0.05) is 22.9 Å². The van der Waals surface area contributed by atoms with E-state index in [0.29, 0.717) is 17.7 Å². The van der Waals surface area contributed by atoms with E-state index in [0.717, 1.165) is 6.07 Å². The van der Waals surface area contributed by atoms with Crippen LogP contribution in [0.1, 0.15) is 11.3 Å². The molecule has 0 atom stereocenters. The van der Waals surface area contributed by atoms with Crippen LogP contribution in [0.2, 0.25) is 5.02 Å². The number of nitrogens with zero attached hydrogens (tertiary/aromatic N) is 3.